The van der Waals surface area contributed by atoms with Gasteiger partial charge in [-0.1, -0.05) is 0 Å². The lowest BCUT2D eigenvalue weighted by molar-refractivity contribution is -0.140. The van der Waals surface area contributed by atoms with Crippen molar-refractivity contribution < 1.29 is 27.5 Å². The molecule has 2 aliphatic rings. The number of fused-ring (bicyclic) bond motifs is 2. The molecule has 3 rings (SSSR count). The molecular formula is C21H28F3N3O4. The number of rotatable bonds is 3. The van der Waals surface area contributed by atoms with Crippen LogP contribution in [-0.2, 0) is 22.3 Å². The number of hydrogen-bond donors (Lipinski definition) is 0. The van der Waals surface area contributed by atoms with Gasteiger partial charge in [0.15, 0.2) is 0 Å². The van der Waals surface area contributed by atoms with Crippen molar-refractivity contribution in [1.82, 2.24) is 14.4 Å². The van der Waals surface area contributed by atoms with E-state index >= 15 is 0 Å². The van der Waals surface area contributed by atoms with Crippen LogP contribution in [0.25, 0.3) is 0 Å². The van der Waals surface area contributed by atoms with Crippen LogP contribution in [0.1, 0.15) is 52.0 Å². The number of hydrogen-bond acceptors (Lipinski definition) is 4. The minimum atomic E-state index is -4.78. The summed E-state index contributed by atoms with van der Waals surface area (Å²) in [4.78, 5) is 40.7. The summed E-state index contributed by atoms with van der Waals surface area (Å²) in [5.74, 6) is -0.448. The molecule has 31 heavy (non-hydrogen) atoms. The molecule has 2 saturated heterocycles. The Morgan fingerprint density at radius 3 is 2.26 bits per heavy atom. The van der Waals surface area contributed by atoms with E-state index in [-0.39, 0.29) is 24.2 Å². The van der Waals surface area contributed by atoms with E-state index in [1.165, 1.54) is 11.1 Å². The van der Waals surface area contributed by atoms with E-state index in [4.69, 9.17) is 4.74 Å². The number of alkyl halides is 3. The average Bonchev–Trinajstić information content (AvgIpc) is 2.90. The van der Waals surface area contributed by atoms with Crippen LogP contribution in [0.4, 0.5) is 18.0 Å². The monoisotopic (exact) mass is 443 g/mol. The predicted molar refractivity (Wildman–Crippen MR) is 106 cm³/mol. The van der Waals surface area contributed by atoms with Crippen LogP contribution in [0.3, 0.4) is 0 Å². The van der Waals surface area contributed by atoms with Crippen LogP contribution in [0.15, 0.2) is 23.1 Å². The molecule has 0 spiro atoms. The van der Waals surface area contributed by atoms with Crippen LogP contribution < -0.4 is 5.56 Å². The van der Waals surface area contributed by atoms with Gasteiger partial charge in [0.2, 0.25) is 5.91 Å². The fraction of sp³-hybridized carbons (Fsp3) is 0.667. The normalized spacial score (nSPS) is 23.6. The van der Waals surface area contributed by atoms with Crippen molar-refractivity contribution >= 4 is 12.0 Å². The molecule has 172 valence electrons. The highest BCUT2D eigenvalue weighted by molar-refractivity contribution is 5.76. The van der Waals surface area contributed by atoms with Crippen LogP contribution in [0.5, 0.6) is 0 Å². The zero-order valence-corrected chi connectivity index (χ0v) is 18.1. The molecule has 2 unspecified atom stereocenters. The molecule has 10 heteroatoms. The Kier molecular flexibility index (Phi) is 6.12. The van der Waals surface area contributed by atoms with Crippen LogP contribution >= 0.6 is 0 Å². The summed E-state index contributed by atoms with van der Waals surface area (Å²) in [5, 5.41) is 0. The second-order valence-electron chi connectivity index (χ2n) is 9.26. The number of aromatic nitrogens is 1. The molecule has 2 fully saturated rings. The van der Waals surface area contributed by atoms with Gasteiger partial charge in [-0.2, -0.15) is 13.2 Å². The largest absolute Gasteiger partial charge is 0.444 e. The van der Waals surface area contributed by atoms with Crippen molar-refractivity contribution in [3.63, 3.8) is 0 Å². The van der Waals surface area contributed by atoms with Gasteiger partial charge in [-0.25, -0.2) is 4.79 Å². The van der Waals surface area contributed by atoms with Gasteiger partial charge in [0.25, 0.3) is 5.56 Å². The maximum atomic E-state index is 13.0. The van der Waals surface area contributed by atoms with E-state index < -0.39 is 35.4 Å². The molecule has 0 radical (unpaired) electrons. The quantitative estimate of drug-likeness (QED) is 0.719. The molecule has 2 bridgehead atoms. The second-order valence-corrected chi connectivity index (χ2v) is 9.26. The van der Waals surface area contributed by atoms with Crippen molar-refractivity contribution in [2.45, 2.75) is 82.9 Å². The van der Waals surface area contributed by atoms with Gasteiger partial charge in [-0.05, 0) is 58.6 Å². The Morgan fingerprint density at radius 2 is 1.74 bits per heavy atom. The van der Waals surface area contributed by atoms with Gasteiger partial charge in [-0.3, -0.25) is 9.59 Å². The highest BCUT2D eigenvalue weighted by atomic mass is 19.4. The molecule has 2 aliphatic heterocycles. The maximum Gasteiger partial charge on any atom is 0.421 e. The number of nitrogens with zero attached hydrogens (tertiary/aromatic N) is 3. The molecule has 0 aliphatic carbocycles. The summed E-state index contributed by atoms with van der Waals surface area (Å²) >= 11 is 0. The third-order valence-electron chi connectivity index (χ3n) is 5.88. The molecule has 2 amide bonds. The molecule has 3 heterocycles. The molecule has 1 aromatic heterocycles. The van der Waals surface area contributed by atoms with Crippen molar-refractivity contribution in [1.29, 1.82) is 0 Å². The summed E-state index contributed by atoms with van der Waals surface area (Å²) < 4.78 is 45.2. The number of pyridine rings is 1. The lowest BCUT2D eigenvalue weighted by Crippen LogP contribution is -2.54. The van der Waals surface area contributed by atoms with Gasteiger partial charge in [-0.15, -0.1) is 0 Å². The number of halogens is 3. The molecule has 1 aromatic rings. The van der Waals surface area contributed by atoms with Crippen molar-refractivity contribution in [2.24, 2.45) is 0 Å². The first kappa shape index (κ1) is 23.1. The molecule has 7 nitrogen and oxygen atoms in total. The van der Waals surface area contributed by atoms with E-state index in [0.717, 1.165) is 23.5 Å². The van der Waals surface area contributed by atoms with Gasteiger partial charge in [0.05, 0.1) is 0 Å². The Balaban J connectivity index is 1.67. The Labute approximate surface area is 178 Å². The first-order chi connectivity index (χ1) is 14.3. The molecule has 0 aromatic carbocycles. The fourth-order valence-corrected chi connectivity index (χ4v) is 4.42. The summed E-state index contributed by atoms with van der Waals surface area (Å²) in [5.41, 5.74) is -3.14. The van der Waals surface area contributed by atoms with E-state index in [0.29, 0.717) is 18.9 Å². The average molecular weight is 443 g/mol. The van der Waals surface area contributed by atoms with Crippen LogP contribution in [0.2, 0.25) is 0 Å². The maximum absolute atomic E-state index is 13.0. The van der Waals surface area contributed by atoms with Gasteiger partial charge >= 0.3 is 12.3 Å². The van der Waals surface area contributed by atoms with Gasteiger partial charge in [0.1, 0.15) is 17.7 Å². The molecular weight excluding hydrogens is 415 g/mol. The Hall–Kier alpha value is -2.52. The number of carbonyl (C=O) groups is 2. The molecule has 2 atom stereocenters. The third-order valence-corrected chi connectivity index (χ3v) is 5.88. The second kappa shape index (κ2) is 8.20. The topological polar surface area (TPSA) is 71.9 Å². The highest BCUT2D eigenvalue weighted by Gasteiger charge is 2.46. The Morgan fingerprint density at radius 1 is 1.16 bits per heavy atom. The lowest BCUT2D eigenvalue weighted by Gasteiger charge is -2.42. The van der Waals surface area contributed by atoms with E-state index in [1.54, 1.807) is 11.9 Å². The SMILES string of the molecule is CN(C(=O)Cn1cccc(C(F)(F)F)c1=O)C1CC2CCC(C1)N2C(=O)OC(C)(C)C. The standard InChI is InChI=1S/C21H28F3N3O4/c1-20(2,3)31-19(30)27-13-7-8-14(27)11-15(10-13)25(4)17(28)12-26-9-5-6-16(18(26)29)21(22,23)24/h5-6,9,13-15H,7-8,10-12H2,1-4H3. The van der Waals surface area contributed by atoms with Gasteiger partial charge in [0, 0.05) is 31.4 Å². The van der Waals surface area contributed by atoms with Crippen molar-refractivity contribution in [3.8, 4) is 0 Å². The zero-order chi connectivity index (χ0) is 23.1. The number of likely N-dealkylation sites (N-methyl/N-ethyl adjacent to an activating group) is 1. The highest BCUT2D eigenvalue weighted by Crippen LogP contribution is 2.38. The molecule has 0 saturated carbocycles. The first-order valence-corrected chi connectivity index (χ1v) is 10.3. The van der Waals surface area contributed by atoms with Crippen molar-refractivity contribution in [2.75, 3.05) is 7.05 Å². The Bertz CT molecular complexity index is 892. The van der Waals surface area contributed by atoms with Crippen molar-refractivity contribution in [3.05, 3.63) is 34.2 Å². The van der Waals surface area contributed by atoms with E-state index in [9.17, 15) is 27.6 Å². The summed E-state index contributed by atoms with van der Waals surface area (Å²) in [6, 6.07) is 1.55. The lowest BCUT2D eigenvalue weighted by atomic mass is 9.96. The smallest absolute Gasteiger partial charge is 0.421 e. The summed E-state index contributed by atoms with van der Waals surface area (Å²) in [6.45, 7) is 4.95. The summed E-state index contributed by atoms with van der Waals surface area (Å²) in [6.07, 6.45) is -1.19. The fourth-order valence-electron chi connectivity index (χ4n) is 4.42. The van der Waals surface area contributed by atoms with E-state index in [2.05, 4.69) is 0 Å². The zero-order valence-electron chi connectivity index (χ0n) is 18.1. The number of carbonyl (C=O) groups excluding carboxylic acids is 2. The number of ether oxygens (including phenoxy) is 1. The van der Waals surface area contributed by atoms with Crippen LogP contribution in [0, 0.1) is 0 Å². The number of amides is 2. The minimum absolute atomic E-state index is 0.0508. The predicted octanol–water partition coefficient (Wildman–Crippen LogP) is 3.26. The number of piperidine rings is 1. The summed E-state index contributed by atoms with van der Waals surface area (Å²) in [7, 11) is 1.59. The third kappa shape index (κ3) is 5.04. The minimum Gasteiger partial charge on any atom is -0.444 e. The van der Waals surface area contributed by atoms with Crippen LogP contribution in [-0.4, -0.2) is 57.1 Å². The molecule has 0 N–H and O–H groups in total. The van der Waals surface area contributed by atoms with E-state index in [1.807, 2.05) is 20.8 Å². The first-order valence-electron chi connectivity index (χ1n) is 10.3. The van der Waals surface area contributed by atoms with Gasteiger partial charge < -0.3 is 19.1 Å².